The fraction of sp³-hybridized carbons (Fsp3) is 0.292. The Morgan fingerprint density at radius 1 is 0.808 bits per heavy atom. The number of hydrogen-bond acceptors (Lipinski definition) is 1. The summed E-state index contributed by atoms with van der Waals surface area (Å²) in [6.45, 7) is 4.68. The number of carboxylic acid groups (broad SMARTS) is 1. The van der Waals surface area contributed by atoms with Crippen molar-refractivity contribution in [3.63, 3.8) is 0 Å². The Kier molecular flexibility index (Phi) is 4.28. The van der Waals surface area contributed by atoms with Crippen molar-refractivity contribution in [1.82, 2.24) is 0 Å². The second-order valence-electron chi connectivity index (χ2n) is 7.66. The number of rotatable bonds is 2. The van der Waals surface area contributed by atoms with Crippen molar-refractivity contribution in [1.29, 1.82) is 0 Å². The molecule has 0 spiro atoms. The first-order valence-corrected chi connectivity index (χ1v) is 9.44. The van der Waals surface area contributed by atoms with E-state index in [9.17, 15) is 4.79 Å². The highest BCUT2D eigenvalue weighted by molar-refractivity contribution is 5.95. The van der Waals surface area contributed by atoms with Gasteiger partial charge in [0.05, 0.1) is 5.56 Å². The van der Waals surface area contributed by atoms with Crippen LogP contribution < -0.4 is 0 Å². The van der Waals surface area contributed by atoms with E-state index in [-0.39, 0.29) is 0 Å². The van der Waals surface area contributed by atoms with E-state index in [4.69, 9.17) is 5.11 Å². The summed E-state index contributed by atoms with van der Waals surface area (Å²) in [7, 11) is 0. The van der Waals surface area contributed by atoms with Gasteiger partial charge in [-0.1, -0.05) is 56.7 Å². The Morgan fingerprint density at radius 3 is 2.19 bits per heavy atom. The van der Waals surface area contributed by atoms with Crippen LogP contribution in [0.15, 0.2) is 54.6 Å². The Balaban J connectivity index is 1.78. The number of benzene rings is 3. The molecule has 3 aromatic carbocycles. The fourth-order valence-electron chi connectivity index (χ4n) is 4.23. The monoisotopic (exact) mass is 344 g/mol. The van der Waals surface area contributed by atoms with Gasteiger partial charge in [0.25, 0.3) is 0 Å². The number of fused-ring (bicyclic) bond motifs is 2. The SMILES string of the molecule is CC1CCCC(C)c2cc(-c3ccc4cc(C(=O)O)ccc4c3)ccc21. The van der Waals surface area contributed by atoms with Gasteiger partial charge in [-0.3, -0.25) is 0 Å². The van der Waals surface area contributed by atoms with Crippen LogP contribution in [-0.4, -0.2) is 11.1 Å². The van der Waals surface area contributed by atoms with Gasteiger partial charge in [0, 0.05) is 0 Å². The largest absolute Gasteiger partial charge is 0.478 e. The summed E-state index contributed by atoms with van der Waals surface area (Å²) >= 11 is 0. The van der Waals surface area contributed by atoms with E-state index in [1.54, 1.807) is 12.1 Å². The molecule has 2 unspecified atom stereocenters. The average molecular weight is 344 g/mol. The summed E-state index contributed by atoms with van der Waals surface area (Å²) in [5, 5.41) is 11.2. The van der Waals surface area contributed by atoms with Crippen LogP contribution >= 0.6 is 0 Å². The van der Waals surface area contributed by atoms with E-state index in [1.807, 2.05) is 12.1 Å². The predicted molar refractivity (Wildman–Crippen MR) is 107 cm³/mol. The van der Waals surface area contributed by atoms with Crippen LogP contribution in [-0.2, 0) is 0 Å². The van der Waals surface area contributed by atoms with Gasteiger partial charge in [-0.2, -0.15) is 0 Å². The molecule has 1 aliphatic rings. The molecule has 2 heteroatoms. The molecule has 1 aliphatic carbocycles. The van der Waals surface area contributed by atoms with Crippen LogP contribution in [0.5, 0.6) is 0 Å². The zero-order valence-corrected chi connectivity index (χ0v) is 15.3. The van der Waals surface area contributed by atoms with E-state index >= 15 is 0 Å². The van der Waals surface area contributed by atoms with Crippen LogP contribution in [0.25, 0.3) is 21.9 Å². The zero-order valence-electron chi connectivity index (χ0n) is 15.3. The van der Waals surface area contributed by atoms with Crippen molar-refractivity contribution in [3.8, 4) is 11.1 Å². The van der Waals surface area contributed by atoms with Crippen molar-refractivity contribution >= 4 is 16.7 Å². The number of hydrogen-bond donors (Lipinski definition) is 1. The quantitative estimate of drug-likeness (QED) is 0.532. The maximum atomic E-state index is 11.2. The van der Waals surface area contributed by atoms with Gasteiger partial charge in [0.1, 0.15) is 0 Å². The summed E-state index contributed by atoms with van der Waals surface area (Å²) in [5.41, 5.74) is 5.76. The smallest absolute Gasteiger partial charge is 0.335 e. The molecule has 0 bridgehead atoms. The molecule has 0 fully saturated rings. The predicted octanol–water partition coefficient (Wildman–Crippen LogP) is 6.60. The molecule has 2 nitrogen and oxygen atoms in total. The van der Waals surface area contributed by atoms with Crippen LogP contribution in [0.1, 0.15) is 66.4 Å². The summed E-state index contributed by atoms with van der Waals surface area (Å²) in [6.07, 6.45) is 3.84. The third-order valence-electron chi connectivity index (χ3n) is 5.84. The van der Waals surface area contributed by atoms with Crippen molar-refractivity contribution < 1.29 is 9.90 Å². The Hall–Kier alpha value is -2.61. The van der Waals surface area contributed by atoms with Gasteiger partial charge in [0.15, 0.2) is 0 Å². The minimum Gasteiger partial charge on any atom is -0.478 e. The van der Waals surface area contributed by atoms with Gasteiger partial charge in [-0.25, -0.2) is 4.79 Å². The number of aromatic carboxylic acids is 1. The van der Waals surface area contributed by atoms with Crippen LogP contribution in [0.3, 0.4) is 0 Å². The average Bonchev–Trinajstić information content (AvgIpc) is 2.79. The first-order chi connectivity index (χ1) is 12.5. The van der Waals surface area contributed by atoms with Gasteiger partial charge in [-0.05, 0) is 75.9 Å². The van der Waals surface area contributed by atoms with E-state index in [2.05, 4.69) is 44.2 Å². The maximum Gasteiger partial charge on any atom is 0.335 e. The molecule has 26 heavy (non-hydrogen) atoms. The Morgan fingerprint density at radius 2 is 1.42 bits per heavy atom. The molecule has 1 N–H and O–H groups in total. The van der Waals surface area contributed by atoms with Crippen molar-refractivity contribution in [2.75, 3.05) is 0 Å². The van der Waals surface area contributed by atoms with E-state index in [0.717, 1.165) is 10.8 Å². The van der Waals surface area contributed by atoms with E-state index < -0.39 is 5.97 Å². The van der Waals surface area contributed by atoms with E-state index in [1.165, 1.54) is 41.5 Å². The molecule has 0 aromatic heterocycles. The van der Waals surface area contributed by atoms with Gasteiger partial charge >= 0.3 is 5.97 Å². The Bertz CT molecular complexity index is 987. The second kappa shape index (κ2) is 6.60. The van der Waals surface area contributed by atoms with Crippen molar-refractivity contribution in [2.45, 2.75) is 44.9 Å². The van der Waals surface area contributed by atoms with Crippen LogP contribution in [0.4, 0.5) is 0 Å². The Labute approximate surface area is 154 Å². The summed E-state index contributed by atoms with van der Waals surface area (Å²) in [4.78, 5) is 11.2. The lowest BCUT2D eigenvalue weighted by Gasteiger charge is -2.17. The minimum atomic E-state index is -0.884. The lowest BCUT2D eigenvalue weighted by molar-refractivity contribution is 0.0697. The maximum absolute atomic E-state index is 11.2. The molecular formula is C24H24O2. The molecule has 4 rings (SSSR count). The standard InChI is InChI=1S/C24H24O2/c1-15-4-3-5-16(2)23-14-20(10-11-22(15)23)18-6-7-19-13-21(24(25)26)9-8-17(19)12-18/h6-16H,3-5H2,1-2H3,(H,25,26). The van der Waals surface area contributed by atoms with Gasteiger partial charge in [-0.15, -0.1) is 0 Å². The minimum absolute atomic E-state index is 0.332. The molecule has 0 heterocycles. The molecule has 3 aromatic rings. The van der Waals surface area contributed by atoms with Crippen molar-refractivity contribution in [3.05, 3.63) is 71.3 Å². The lowest BCUT2D eigenvalue weighted by Crippen LogP contribution is -1.99. The van der Waals surface area contributed by atoms with Crippen molar-refractivity contribution in [2.24, 2.45) is 0 Å². The molecule has 2 atom stereocenters. The van der Waals surface area contributed by atoms with Gasteiger partial charge < -0.3 is 5.11 Å². The molecule has 132 valence electrons. The highest BCUT2D eigenvalue weighted by atomic mass is 16.4. The molecule has 0 saturated carbocycles. The molecule has 0 aliphatic heterocycles. The van der Waals surface area contributed by atoms with E-state index in [0.29, 0.717) is 17.4 Å². The first kappa shape index (κ1) is 16.8. The normalized spacial score (nSPS) is 19.8. The second-order valence-corrected chi connectivity index (χ2v) is 7.66. The molecular weight excluding hydrogens is 320 g/mol. The molecule has 0 amide bonds. The summed E-state index contributed by atoms with van der Waals surface area (Å²) in [6, 6.07) is 18.5. The van der Waals surface area contributed by atoms with Crippen LogP contribution in [0, 0.1) is 0 Å². The van der Waals surface area contributed by atoms with Gasteiger partial charge in [0.2, 0.25) is 0 Å². The molecule has 0 radical (unpaired) electrons. The first-order valence-electron chi connectivity index (χ1n) is 9.44. The number of carbonyl (C=O) groups is 1. The van der Waals surface area contributed by atoms with Crippen LogP contribution in [0.2, 0.25) is 0 Å². The summed E-state index contributed by atoms with van der Waals surface area (Å²) < 4.78 is 0. The topological polar surface area (TPSA) is 37.3 Å². The highest BCUT2D eigenvalue weighted by Gasteiger charge is 2.20. The third kappa shape index (κ3) is 3.01. The third-order valence-corrected chi connectivity index (χ3v) is 5.84. The zero-order chi connectivity index (χ0) is 18.3. The number of carboxylic acids is 1. The lowest BCUT2D eigenvalue weighted by atomic mass is 9.87. The summed E-state index contributed by atoms with van der Waals surface area (Å²) in [5.74, 6) is 0.355. The molecule has 0 saturated heterocycles. The fourth-order valence-corrected chi connectivity index (χ4v) is 4.23. The highest BCUT2D eigenvalue weighted by Crippen LogP contribution is 2.38.